The van der Waals surface area contributed by atoms with Gasteiger partial charge in [-0.05, 0) is 42.0 Å². The van der Waals surface area contributed by atoms with Crippen LogP contribution in [0.4, 0.5) is 15.8 Å². The van der Waals surface area contributed by atoms with Gasteiger partial charge in [-0.1, -0.05) is 55.8 Å². The first kappa shape index (κ1) is 25.4. The lowest BCUT2D eigenvalue weighted by Gasteiger charge is -2.22. The van der Waals surface area contributed by atoms with Crippen molar-refractivity contribution in [1.29, 1.82) is 10.5 Å². The predicted molar refractivity (Wildman–Crippen MR) is 144 cm³/mol. The van der Waals surface area contributed by atoms with Crippen molar-refractivity contribution in [2.75, 3.05) is 17.2 Å². The second kappa shape index (κ2) is 9.59. The number of aromatic nitrogens is 4. The number of nitrogens with zero attached hydrogens (tertiary/aromatic N) is 6. The monoisotopic (exact) mass is 528 g/mol. The Morgan fingerprint density at radius 1 is 1.21 bits per heavy atom. The Hall–Kier alpha value is -4.21. The molecular weight excluding hydrogens is 503 g/mol. The molecule has 10 heteroatoms. The van der Waals surface area contributed by atoms with Crippen molar-refractivity contribution in [1.82, 2.24) is 20.0 Å². The van der Waals surface area contributed by atoms with E-state index in [1.165, 1.54) is 12.3 Å². The lowest BCUT2D eigenvalue weighted by molar-refractivity contribution is 0.443. The molecule has 1 aliphatic carbocycles. The highest BCUT2D eigenvalue weighted by molar-refractivity contribution is 6.31. The minimum atomic E-state index is -0.668. The van der Waals surface area contributed by atoms with E-state index in [2.05, 4.69) is 58.8 Å². The van der Waals surface area contributed by atoms with Gasteiger partial charge in [0, 0.05) is 28.8 Å². The van der Waals surface area contributed by atoms with E-state index in [1.54, 1.807) is 23.0 Å². The van der Waals surface area contributed by atoms with E-state index < -0.39 is 17.4 Å². The summed E-state index contributed by atoms with van der Waals surface area (Å²) in [6, 6.07) is 14.3. The van der Waals surface area contributed by atoms with Gasteiger partial charge in [0.1, 0.15) is 17.3 Å². The highest BCUT2D eigenvalue weighted by atomic mass is 35.5. The van der Waals surface area contributed by atoms with Crippen molar-refractivity contribution in [3.05, 3.63) is 76.5 Å². The van der Waals surface area contributed by atoms with Crippen molar-refractivity contribution in [2.24, 2.45) is 5.41 Å². The Balaban J connectivity index is 1.60. The molecule has 0 radical (unpaired) electrons. The Morgan fingerprint density at radius 2 is 1.97 bits per heavy atom. The minimum absolute atomic E-state index is 0.0694. The van der Waals surface area contributed by atoms with Crippen LogP contribution in [0.3, 0.4) is 0 Å². The van der Waals surface area contributed by atoms with Gasteiger partial charge in [0.25, 0.3) is 0 Å². The summed E-state index contributed by atoms with van der Waals surface area (Å²) in [7, 11) is 0. The number of hydrogen-bond donors (Lipinski definition) is 2. The van der Waals surface area contributed by atoms with E-state index in [-0.39, 0.29) is 10.9 Å². The van der Waals surface area contributed by atoms with Gasteiger partial charge in [-0.3, -0.25) is 4.98 Å². The summed E-state index contributed by atoms with van der Waals surface area (Å²) >= 11 is 6.57. The number of nitriles is 2. The molecule has 4 aromatic rings. The standard InChI is InChI=1S/C28H26ClFN8/c1-27(2,3)16-34-24-17(12-31)13-33-25-20(24)10-18(11-22(25)30)35-26(19-6-4-5-7-21(19)29)23-14-38(37-36-23)28(15-32)8-9-28/h4-7,10-11,13-14,26,35H,8-9,16H2,1-3H3,(H,33,34). The first-order chi connectivity index (χ1) is 18.1. The average Bonchev–Trinajstić information content (AvgIpc) is 3.53. The van der Waals surface area contributed by atoms with E-state index in [4.69, 9.17) is 11.6 Å². The lowest BCUT2D eigenvalue weighted by Crippen LogP contribution is -2.20. The molecule has 192 valence electrons. The summed E-state index contributed by atoms with van der Waals surface area (Å²) in [5.74, 6) is -0.531. The van der Waals surface area contributed by atoms with Crippen LogP contribution in [-0.2, 0) is 5.54 Å². The second-order valence-electron chi connectivity index (χ2n) is 10.8. The number of fused-ring (bicyclic) bond motifs is 1. The van der Waals surface area contributed by atoms with Crippen LogP contribution in [0.15, 0.2) is 48.8 Å². The summed E-state index contributed by atoms with van der Waals surface area (Å²) in [5, 5.41) is 35.6. The minimum Gasteiger partial charge on any atom is -0.383 e. The fourth-order valence-corrected chi connectivity index (χ4v) is 4.53. The molecule has 1 unspecified atom stereocenters. The number of hydrogen-bond acceptors (Lipinski definition) is 7. The Bertz CT molecular complexity index is 1600. The Labute approximate surface area is 225 Å². The maximum atomic E-state index is 15.4. The fourth-order valence-electron chi connectivity index (χ4n) is 4.29. The van der Waals surface area contributed by atoms with Gasteiger partial charge < -0.3 is 10.6 Å². The van der Waals surface area contributed by atoms with Gasteiger partial charge in [0.2, 0.25) is 0 Å². The van der Waals surface area contributed by atoms with E-state index >= 15 is 4.39 Å². The average molecular weight is 529 g/mol. The van der Waals surface area contributed by atoms with Gasteiger partial charge in [-0.2, -0.15) is 10.5 Å². The number of rotatable bonds is 7. The number of benzene rings is 2. The largest absolute Gasteiger partial charge is 0.383 e. The maximum Gasteiger partial charge on any atom is 0.151 e. The molecule has 0 saturated heterocycles. The van der Waals surface area contributed by atoms with Crippen molar-refractivity contribution in [3.8, 4) is 12.1 Å². The summed E-state index contributed by atoms with van der Waals surface area (Å²) < 4.78 is 17.0. The molecule has 2 aromatic heterocycles. The predicted octanol–water partition coefficient (Wildman–Crippen LogP) is 6.16. The van der Waals surface area contributed by atoms with E-state index in [9.17, 15) is 10.5 Å². The zero-order valence-corrected chi connectivity index (χ0v) is 22.0. The zero-order valence-electron chi connectivity index (χ0n) is 21.3. The molecule has 2 N–H and O–H groups in total. The SMILES string of the molecule is CC(C)(C)CNc1c(C#N)cnc2c(F)cc(NC(c3cn(C4(C#N)CC4)nn3)c3ccccc3Cl)cc12. The topological polar surface area (TPSA) is 115 Å². The fraction of sp³-hybridized carbons (Fsp3) is 0.321. The van der Waals surface area contributed by atoms with Crippen LogP contribution < -0.4 is 10.6 Å². The molecule has 2 aromatic carbocycles. The van der Waals surface area contributed by atoms with E-state index in [0.717, 1.165) is 5.56 Å². The summed E-state index contributed by atoms with van der Waals surface area (Å²) in [6.45, 7) is 6.79. The number of nitrogens with one attached hydrogen (secondary N) is 2. The third-order valence-electron chi connectivity index (χ3n) is 6.55. The van der Waals surface area contributed by atoms with Crippen LogP contribution in [0.5, 0.6) is 0 Å². The first-order valence-electron chi connectivity index (χ1n) is 12.3. The van der Waals surface area contributed by atoms with E-state index in [1.807, 2.05) is 18.2 Å². The highest BCUT2D eigenvalue weighted by Crippen LogP contribution is 2.43. The molecule has 8 nitrogen and oxygen atoms in total. The summed E-state index contributed by atoms with van der Waals surface area (Å²) in [6.07, 6.45) is 4.55. The molecule has 0 spiro atoms. The van der Waals surface area contributed by atoms with Crippen LogP contribution in [0.25, 0.3) is 10.9 Å². The second-order valence-corrected chi connectivity index (χ2v) is 11.2. The lowest BCUT2D eigenvalue weighted by atomic mass is 9.96. The summed E-state index contributed by atoms with van der Waals surface area (Å²) in [5.41, 5.74) is 1.99. The molecule has 2 heterocycles. The molecule has 0 amide bonds. The Morgan fingerprint density at radius 3 is 2.63 bits per heavy atom. The van der Waals surface area contributed by atoms with Crippen molar-refractivity contribution in [2.45, 2.75) is 45.2 Å². The van der Waals surface area contributed by atoms with Gasteiger partial charge in [0.05, 0.1) is 29.6 Å². The number of pyridine rings is 1. The smallest absolute Gasteiger partial charge is 0.151 e. The van der Waals surface area contributed by atoms with Gasteiger partial charge in [-0.15, -0.1) is 5.10 Å². The molecule has 1 aliphatic rings. The van der Waals surface area contributed by atoms with Crippen LogP contribution >= 0.6 is 11.6 Å². The normalized spacial score (nSPS) is 14.9. The molecule has 1 saturated carbocycles. The third kappa shape index (κ3) is 4.85. The molecule has 0 bridgehead atoms. The van der Waals surface area contributed by atoms with Gasteiger partial charge in [-0.25, -0.2) is 9.07 Å². The molecule has 38 heavy (non-hydrogen) atoms. The zero-order chi connectivity index (χ0) is 27.1. The molecule has 0 aliphatic heterocycles. The van der Waals surface area contributed by atoms with Gasteiger partial charge >= 0.3 is 0 Å². The number of halogens is 2. The molecule has 1 fully saturated rings. The van der Waals surface area contributed by atoms with Crippen LogP contribution in [0, 0.1) is 33.9 Å². The van der Waals surface area contributed by atoms with Crippen molar-refractivity contribution < 1.29 is 4.39 Å². The molecule has 5 rings (SSSR count). The highest BCUT2D eigenvalue weighted by Gasteiger charge is 2.47. The first-order valence-corrected chi connectivity index (χ1v) is 12.6. The van der Waals surface area contributed by atoms with E-state index in [0.29, 0.717) is 52.4 Å². The Kier molecular flexibility index (Phi) is 6.42. The van der Waals surface area contributed by atoms with Gasteiger partial charge in [0.15, 0.2) is 11.4 Å². The van der Waals surface area contributed by atoms with Crippen molar-refractivity contribution in [3.63, 3.8) is 0 Å². The van der Waals surface area contributed by atoms with Crippen LogP contribution in [0.1, 0.15) is 56.5 Å². The van der Waals surface area contributed by atoms with Crippen LogP contribution in [0.2, 0.25) is 5.02 Å². The van der Waals surface area contributed by atoms with Crippen LogP contribution in [-0.4, -0.2) is 26.5 Å². The quantitative estimate of drug-likeness (QED) is 0.295. The number of anilines is 2. The molecule has 1 atom stereocenters. The summed E-state index contributed by atoms with van der Waals surface area (Å²) in [4.78, 5) is 4.21. The van der Waals surface area contributed by atoms with Crippen molar-refractivity contribution >= 4 is 33.9 Å². The maximum absolute atomic E-state index is 15.4. The molecular formula is C28H26ClFN8. The third-order valence-corrected chi connectivity index (χ3v) is 6.89.